The fourth-order valence-electron chi connectivity index (χ4n) is 5.40. The molecule has 0 aromatic heterocycles. The van der Waals surface area contributed by atoms with Crippen molar-refractivity contribution in [2.24, 2.45) is 22.7 Å². The van der Waals surface area contributed by atoms with Crippen LogP contribution in [0.1, 0.15) is 73.1 Å². The number of methoxy groups -OCH3 is 1. The van der Waals surface area contributed by atoms with E-state index in [1.54, 1.807) is 11.6 Å². The molecule has 23 heavy (non-hydrogen) atoms. The third-order valence-electron chi connectivity index (χ3n) is 6.69. The molecule has 2 aliphatic carbocycles. The van der Waals surface area contributed by atoms with Crippen molar-refractivity contribution in [3.05, 3.63) is 23.3 Å². The van der Waals surface area contributed by atoms with E-state index in [2.05, 4.69) is 33.8 Å². The molecule has 1 fully saturated rings. The van der Waals surface area contributed by atoms with Gasteiger partial charge in [0.25, 0.3) is 0 Å². The minimum Gasteiger partial charge on any atom is -0.466 e. The number of rotatable bonds is 4. The van der Waals surface area contributed by atoms with Gasteiger partial charge in [0.2, 0.25) is 0 Å². The largest absolute Gasteiger partial charge is 0.466 e. The highest BCUT2D eigenvalue weighted by atomic mass is 16.5. The second-order valence-corrected chi connectivity index (χ2v) is 8.69. The lowest BCUT2D eigenvalue weighted by Gasteiger charge is -2.57. The Morgan fingerprint density at radius 1 is 1.35 bits per heavy atom. The zero-order valence-corrected chi connectivity index (χ0v) is 15.9. The monoisotopic (exact) mass is 318 g/mol. The van der Waals surface area contributed by atoms with Crippen molar-refractivity contribution >= 4 is 5.97 Å². The Labute approximate surface area is 142 Å². The summed E-state index contributed by atoms with van der Waals surface area (Å²) in [5.74, 6) is 1.19. The molecular weight excluding hydrogens is 284 g/mol. The van der Waals surface area contributed by atoms with Crippen molar-refractivity contribution in [3.63, 3.8) is 0 Å². The van der Waals surface area contributed by atoms with Crippen LogP contribution in [0.3, 0.4) is 0 Å². The number of allylic oxidation sites excluding steroid dienone is 3. The quantitative estimate of drug-likeness (QED) is 0.378. The van der Waals surface area contributed by atoms with Crippen molar-refractivity contribution in [2.45, 2.75) is 73.1 Å². The van der Waals surface area contributed by atoms with Gasteiger partial charge in [-0.3, -0.25) is 0 Å². The molecule has 2 heteroatoms. The Morgan fingerprint density at radius 2 is 2.04 bits per heavy atom. The van der Waals surface area contributed by atoms with E-state index in [9.17, 15) is 4.79 Å². The van der Waals surface area contributed by atoms with Gasteiger partial charge in [-0.05, 0) is 68.6 Å². The Morgan fingerprint density at radius 3 is 2.70 bits per heavy atom. The van der Waals surface area contributed by atoms with E-state index >= 15 is 0 Å². The topological polar surface area (TPSA) is 26.3 Å². The van der Waals surface area contributed by atoms with Crippen LogP contribution in [0.25, 0.3) is 0 Å². The molecule has 0 aliphatic heterocycles. The Bertz CT molecular complexity index is 512. The van der Waals surface area contributed by atoms with Crippen molar-refractivity contribution in [1.82, 2.24) is 0 Å². The molecule has 0 amide bonds. The molecule has 0 aromatic rings. The van der Waals surface area contributed by atoms with Crippen LogP contribution in [-0.4, -0.2) is 13.1 Å². The van der Waals surface area contributed by atoms with Gasteiger partial charge in [0.1, 0.15) is 0 Å². The van der Waals surface area contributed by atoms with Crippen LogP contribution in [0.15, 0.2) is 23.3 Å². The number of fused-ring (bicyclic) bond motifs is 1. The third-order valence-corrected chi connectivity index (χ3v) is 6.69. The van der Waals surface area contributed by atoms with Crippen molar-refractivity contribution < 1.29 is 9.53 Å². The molecule has 0 bridgehead atoms. The first-order valence-corrected chi connectivity index (χ1v) is 9.12. The average Bonchev–Trinajstić information content (AvgIpc) is 2.45. The summed E-state index contributed by atoms with van der Waals surface area (Å²) in [6, 6.07) is 0. The maximum atomic E-state index is 11.4. The molecule has 2 nitrogen and oxygen atoms in total. The molecule has 1 saturated carbocycles. The summed E-state index contributed by atoms with van der Waals surface area (Å²) in [6.45, 7) is 11.8. The van der Waals surface area contributed by atoms with Crippen LogP contribution in [0.5, 0.6) is 0 Å². The maximum absolute atomic E-state index is 11.4. The smallest absolute Gasteiger partial charge is 0.330 e. The Hall–Kier alpha value is -1.05. The van der Waals surface area contributed by atoms with Gasteiger partial charge >= 0.3 is 5.97 Å². The molecule has 0 unspecified atom stereocenters. The van der Waals surface area contributed by atoms with E-state index < -0.39 is 0 Å². The first-order chi connectivity index (χ1) is 10.7. The lowest BCUT2D eigenvalue weighted by atomic mass is 9.48. The number of esters is 1. The van der Waals surface area contributed by atoms with Gasteiger partial charge < -0.3 is 4.74 Å². The molecule has 0 N–H and O–H groups in total. The summed E-state index contributed by atoms with van der Waals surface area (Å²) in [6.07, 6.45) is 11.5. The predicted molar refractivity (Wildman–Crippen MR) is 96.1 cm³/mol. The molecule has 0 aromatic carbocycles. The minimum atomic E-state index is -0.235. The summed E-state index contributed by atoms with van der Waals surface area (Å²) < 4.78 is 4.74. The van der Waals surface area contributed by atoms with Gasteiger partial charge in [0.15, 0.2) is 0 Å². The van der Waals surface area contributed by atoms with E-state index in [4.69, 9.17) is 4.74 Å². The summed E-state index contributed by atoms with van der Waals surface area (Å²) in [5.41, 5.74) is 3.55. The summed E-state index contributed by atoms with van der Waals surface area (Å²) in [7, 11) is 1.44. The van der Waals surface area contributed by atoms with Gasteiger partial charge in [-0.15, -0.1) is 0 Å². The lowest BCUT2D eigenvalue weighted by Crippen LogP contribution is -2.48. The average molecular weight is 319 g/mol. The SMILES string of the molecule is COC(=O)/C=C(\C)CC[C@H]1C(C)=CC[C@H]2C(C)(C)CCC[C@]12C. The number of carbonyl (C=O) groups is 1. The highest BCUT2D eigenvalue weighted by molar-refractivity contribution is 5.82. The molecule has 3 atom stereocenters. The summed E-state index contributed by atoms with van der Waals surface area (Å²) in [4.78, 5) is 11.4. The van der Waals surface area contributed by atoms with Crippen LogP contribution in [0.2, 0.25) is 0 Å². The van der Waals surface area contributed by atoms with E-state index in [1.165, 1.54) is 32.8 Å². The summed E-state index contributed by atoms with van der Waals surface area (Å²) in [5, 5.41) is 0. The van der Waals surface area contributed by atoms with Crippen molar-refractivity contribution in [2.75, 3.05) is 7.11 Å². The van der Waals surface area contributed by atoms with Crippen LogP contribution in [0.4, 0.5) is 0 Å². The molecule has 130 valence electrons. The Balaban J connectivity index is 2.16. The van der Waals surface area contributed by atoms with Crippen LogP contribution in [-0.2, 0) is 9.53 Å². The standard InChI is InChI=1S/C21H34O2/c1-15(14-19(22)23-6)8-10-17-16(2)9-11-18-20(3,4)12-7-13-21(17,18)5/h9,14,17-18H,7-8,10-13H2,1-6H3/b15-14+/t17-,18-,21+/m0/s1. The lowest BCUT2D eigenvalue weighted by molar-refractivity contribution is -0.134. The van der Waals surface area contributed by atoms with Gasteiger partial charge in [0.05, 0.1) is 7.11 Å². The van der Waals surface area contributed by atoms with Crippen LogP contribution >= 0.6 is 0 Å². The maximum Gasteiger partial charge on any atom is 0.330 e. The molecule has 0 radical (unpaired) electrons. The van der Waals surface area contributed by atoms with E-state index in [-0.39, 0.29) is 5.97 Å². The first kappa shape index (κ1) is 18.3. The number of ether oxygens (including phenoxy) is 1. The molecule has 0 spiro atoms. The van der Waals surface area contributed by atoms with E-state index in [1.807, 2.05) is 6.92 Å². The van der Waals surface area contributed by atoms with Gasteiger partial charge in [0, 0.05) is 6.08 Å². The zero-order valence-electron chi connectivity index (χ0n) is 15.9. The zero-order chi connectivity index (χ0) is 17.3. The fourth-order valence-corrected chi connectivity index (χ4v) is 5.40. The molecule has 2 aliphatic rings. The molecule has 2 rings (SSSR count). The normalized spacial score (nSPS) is 33.7. The minimum absolute atomic E-state index is 0.235. The number of hydrogen-bond acceptors (Lipinski definition) is 2. The second kappa shape index (κ2) is 6.83. The summed E-state index contributed by atoms with van der Waals surface area (Å²) >= 11 is 0. The third kappa shape index (κ3) is 3.72. The van der Waals surface area contributed by atoms with Gasteiger partial charge in [-0.1, -0.05) is 44.4 Å². The molecule has 0 saturated heterocycles. The highest BCUT2D eigenvalue weighted by Crippen LogP contribution is 2.60. The molecular formula is C21H34O2. The van der Waals surface area contributed by atoms with Gasteiger partial charge in [-0.25, -0.2) is 4.79 Å². The van der Waals surface area contributed by atoms with Crippen LogP contribution < -0.4 is 0 Å². The van der Waals surface area contributed by atoms with E-state index in [0.29, 0.717) is 16.7 Å². The van der Waals surface area contributed by atoms with Crippen molar-refractivity contribution in [3.8, 4) is 0 Å². The highest BCUT2D eigenvalue weighted by Gasteiger charge is 2.51. The fraction of sp³-hybridized carbons (Fsp3) is 0.762. The Kier molecular flexibility index (Phi) is 5.43. The number of carbonyl (C=O) groups excluding carboxylic acids is 1. The first-order valence-electron chi connectivity index (χ1n) is 9.12. The molecule has 0 heterocycles. The van der Waals surface area contributed by atoms with Crippen molar-refractivity contribution in [1.29, 1.82) is 0 Å². The predicted octanol–water partition coefficient (Wildman–Crippen LogP) is 5.68. The van der Waals surface area contributed by atoms with Crippen LogP contribution in [0, 0.1) is 22.7 Å². The van der Waals surface area contributed by atoms with Gasteiger partial charge in [-0.2, -0.15) is 0 Å². The van der Waals surface area contributed by atoms with E-state index in [0.717, 1.165) is 24.3 Å². The number of hydrogen-bond donors (Lipinski definition) is 0. The second-order valence-electron chi connectivity index (χ2n) is 8.69.